The smallest absolute Gasteiger partial charge is 0.272 e. The lowest BCUT2D eigenvalue weighted by atomic mass is 9.72. The first-order valence-electron chi connectivity index (χ1n) is 9.71. The molecule has 1 aromatic carbocycles. The highest BCUT2D eigenvalue weighted by Gasteiger charge is 2.29. The van der Waals surface area contributed by atoms with Crippen molar-refractivity contribution in [2.45, 2.75) is 40.0 Å². The Morgan fingerprint density at radius 1 is 1.25 bits per heavy atom. The van der Waals surface area contributed by atoms with Gasteiger partial charge in [0.25, 0.3) is 5.91 Å². The van der Waals surface area contributed by atoms with Crippen LogP contribution in [0.3, 0.4) is 0 Å². The van der Waals surface area contributed by atoms with Crippen LogP contribution in [0.4, 0.5) is 0 Å². The van der Waals surface area contributed by atoms with Gasteiger partial charge in [-0.25, -0.2) is 10.4 Å². The van der Waals surface area contributed by atoms with Crippen LogP contribution in [-0.4, -0.2) is 16.6 Å². The Bertz CT molecular complexity index is 1040. The summed E-state index contributed by atoms with van der Waals surface area (Å²) in [5, 5.41) is 5.28. The van der Waals surface area contributed by atoms with Gasteiger partial charge in [0.15, 0.2) is 5.76 Å². The average molecular weight is 375 g/mol. The van der Waals surface area contributed by atoms with E-state index < -0.39 is 0 Å². The fraction of sp³-hybridized carbons (Fsp3) is 0.348. The molecule has 0 saturated heterocycles. The minimum absolute atomic E-state index is 0.219. The number of aromatic nitrogens is 1. The van der Waals surface area contributed by atoms with Crippen LogP contribution < -0.4 is 5.43 Å². The van der Waals surface area contributed by atoms with E-state index in [0.29, 0.717) is 22.9 Å². The number of nitrogens with zero attached hydrogens (tertiary/aromatic N) is 2. The van der Waals surface area contributed by atoms with Gasteiger partial charge >= 0.3 is 0 Å². The largest absolute Gasteiger partial charge is 0.463 e. The molecule has 4 rings (SSSR count). The van der Waals surface area contributed by atoms with Crippen LogP contribution in [0.2, 0.25) is 0 Å². The monoisotopic (exact) mass is 375 g/mol. The normalized spacial score (nSPS) is 20.4. The van der Waals surface area contributed by atoms with Crippen molar-refractivity contribution in [2.24, 2.45) is 16.4 Å². The molecule has 2 aromatic heterocycles. The zero-order chi connectivity index (χ0) is 19.7. The van der Waals surface area contributed by atoms with Gasteiger partial charge in [-0.3, -0.25) is 4.79 Å². The van der Waals surface area contributed by atoms with Crippen molar-refractivity contribution in [3.8, 4) is 11.5 Å². The first-order chi connectivity index (χ1) is 13.4. The van der Waals surface area contributed by atoms with E-state index in [1.165, 1.54) is 6.42 Å². The maximum Gasteiger partial charge on any atom is 0.272 e. The molecule has 28 heavy (non-hydrogen) atoms. The molecule has 0 bridgehead atoms. The number of benzene rings is 1. The van der Waals surface area contributed by atoms with Crippen molar-refractivity contribution in [1.29, 1.82) is 0 Å². The molecule has 1 amide bonds. The van der Waals surface area contributed by atoms with Gasteiger partial charge in [-0.2, -0.15) is 5.10 Å². The van der Waals surface area contributed by atoms with Gasteiger partial charge in [-0.15, -0.1) is 0 Å². The highest BCUT2D eigenvalue weighted by Crippen LogP contribution is 2.37. The SMILES string of the molecule is C[C@H]1C/C(=N\NC(=O)c2cc(-c3ccco3)nc3ccccc23)CC(C)(C)C1. The van der Waals surface area contributed by atoms with E-state index in [9.17, 15) is 4.79 Å². The number of rotatable bonds is 3. The number of nitrogens with one attached hydrogen (secondary N) is 1. The van der Waals surface area contributed by atoms with E-state index in [-0.39, 0.29) is 11.3 Å². The molecule has 2 heterocycles. The van der Waals surface area contributed by atoms with E-state index in [1.807, 2.05) is 36.4 Å². The maximum atomic E-state index is 13.0. The first-order valence-corrected chi connectivity index (χ1v) is 9.71. The first kappa shape index (κ1) is 18.4. The third-order valence-corrected chi connectivity index (χ3v) is 5.22. The summed E-state index contributed by atoms with van der Waals surface area (Å²) in [4.78, 5) is 17.6. The van der Waals surface area contributed by atoms with Crippen molar-refractivity contribution in [1.82, 2.24) is 10.4 Å². The van der Waals surface area contributed by atoms with Crippen LogP contribution in [0.25, 0.3) is 22.4 Å². The standard InChI is InChI=1S/C23H25N3O2/c1-15-11-16(14-23(2,3)13-15)25-26-22(27)18-12-20(21-9-6-10-28-21)24-19-8-5-4-7-17(18)19/h4-10,12,15H,11,13-14H2,1-3H3,(H,26,27)/b25-16+/t15-/m0/s1. The molecule has 1 fully saturated rings. The molecule has 5 nitrogen and oxygen atoms in total. The van der Waals surface area contributed by atoms with Gasteiger partial charge in [-0.05, 0) is 54.9 Å². The number of pyridine rings is 1. The van der Waals surface area contributed by atoms with Crippen molar-refractivity contribution in [3.05, 3.63) is 54.3 Å². The summed E-state index contributed by atoms with van der Waals surface area (Å²) < 4.78 is 5.47. The number of hydrogen-bond donors (Lipinski definition) is 1. The van der Waals surface area contributed by atoms with Gasteiger partial charge < -0.3 is 4.42 Å². The number of furan rings is 1. The lowest BCUT2D eigenvalue weighted by Crippen LogP contribution is -2.30. The summed E-state index contributed by atoms with van der Waals surface area (Å²) in [6, 6.07) is 13.0. The second kappa shape index (κ2) is 7.23. The highest BCUT2D eigenvalue weighted by atomic mass is 16.3. The summed E-state index contributed by atoms with van der Waals surface area (Å²) in [5.41, 5.74) is 5.99. The number of para-hydroxylation sites is 1. The van der Waals surface area contributed by atoms with Crippen LogP contribution in [0.5, 0.6) is 0 Å². The van der Waals surface area contributed by atoms with Crippen molar-refractivity contribution in [3.63, 3.8) is 0 Å². The second-order valence-corrected chi connectivity index (χ2v) is 8.52. The maximum absolute atomic E-state index is 13.0. The van der Waals surface area contributed by atoms with E-state index in [4.69, 9.17) is 4.42 Å². The van der Waals surface area contributed by atoms with Crippen molar-refractivity contribution >= 4 is 22.5 Å². The molecule has 144 valence electrons. The van der Waals surface area contributed by atoms with Crippen LogP contribution >= 0.6 is 0 Å². The number of carbonyl (C=O) groups is 1. The Balaban J connectivity index is 1.66. The number of carbonyl (C=O) groups excluding carboxylic acids is 1. The number of hydrazone groups is 1. The van der Waals surface area contributed by atoms with Crippen LogP contribution in [0.1, 0.15) is 50.4 Å². The molecule has 3 aromatic rings. The Hall–Kier alpha value is -2.95. The van der Waals surface area contributed by atoms with Gasteiger partial charge in [0, 0.05) is 11.1 Å². The Labute approximate surface area is 164 Å². The molecule has 5 heteroatoms. The molecule has 1 N–H and O–H groups in total. The predicted molar refractivity (Wildman–Crippen MR) is 111 cm³/mol. The lowest BCUT2D eigenvalue weighted by Gasteiger charge is -2.34. The molecular formula is C23H25N3O2. The molecule has 0 aliphatic heterocycles. The van der Waals surface area contributed by atoms with Crippen molar-refractivity contribution in [2.75, 3.05) is 0 Å². The van der Waals surface area contributed by atoms with Crippen LogP contribution in [0.15, 0.2) is 58.2 Å². The predicted octanol–water partition coefficient (Wildman–Crippen LogP) is 5.43. The van der Waals surface area contributed by atoms with Gasteiger partial charge in [-0.1, -0.05) is 39.0 Å². The molecule has 0 spiro atoms. The topological polar surface area (TPSA) is 67.5 Å². The molecule has 1 saturated carbocycles. The summed E-state index contributed by atoms with van der Waals surface area (Å²) in [5.74, 6) is 0.982. The Morgan fingerprint density at radius 2 is 2.07 bits per heavy atom. The van der Waals surface area contributed by atoms with Crippen LogP contribution in [-0.2, 0) is 0 Å². The third kappa shape index (κ3) is 3.84. The quantitative estimate of drug-likeness (QED) is 0.621. The summed E-state index contributed by atoms with van der Waals surface area (Å²) in [6.07, 6.45) is 4.62. The zero-order valence-corrected chi connectivity index (χ0v) is 16.5. The molecule has 1 atom stereocenters. The highest BCUT2D eigenvalue weighted by molar-refractivity contribution is 6.07. The molecule has 1 aliphatic carbocycles. The number of amides is 1. The molecular weight excluding hydrogens is 350 g/mol. The average Bonchev–Trinajstić information content (AvgIpc) is 3.18. The molecule has 0 unspecified atom stereocenters. The zero-order valence-electron chi connectivity index (χ0n) is 16.5. The molecule has 0 radical (unpaired) electrons. The fourth-order valence-corrected chi connectivity index (χ4v) is 4.30. The van der Waals surface area contributed by atoms with Gasteiger partial charge in [0.2, 0.25) is 0 Å². The van der Waals surface area contributed by atoms with E-state index in [2.05, 4.69) is 36.3 Å². The second-order valence-electron chi connectivity index (χ2n) is 8.52. The summed E-state index contributed by atoms with van der Waals surface area (Å²) in [6.45, 7) is 6.75. The van der Waals surface area contributed by atoms with E-state index >= 15 is 0 Å². The molecule has 1 aliphatic rings. The lowest BCUT2D eigenvalue weighted by molar-refractivity contribution is 0.0955. The summed E-state index contributed by atoms with van der Waals surface area (Å²) >= 11 is 0. The summed E-state index contributed by atoms with van der Waals surface area (Å²) in [7, 11) is 0. The third-order valence-electron chi connectivity index (χ3n) is 5.22. The van der Waals surface area contributed by atoms with Gasteiger partial charge in [0.05, 0.1) is 17.3 Å². The number of hydrogen-bond acceptors (Lipinski definition) is 4. The van der Waals surface area contributed by atoms with E-state index in [1.54, 1.807) is 12.3 Å². The van der Waals surface area contributed by atoms with Crippen LogP contribution in [0, 0.1) is 11.3 Å². The van der Waals surface area contributed by atoms with Gasteiger partial charge in [0.1, 0.15) is 5.69 Å². The fourth-order valence-electron chi connectivity index (χ4n) is 4.30. The van der Waals surface area contributed by atoms with Crippen molar-refractivity contribution < 1.29 is 9.21 Å². The minimum atomic E-state index is -0.227. The Kier molecular flexibility index (Phi) is 4.75. The van der Waals surface area contributed by atoms with E-state index in [0.717, 1.165) is 29.5 Å². The minimum Gasteiger partial charge on any atom is -0.463 e. The number of fused-ring (bicyclic) bond motifs is 1. The Morgan fingerprint density at radius 3 is 2.82 bits per heavy atom.